The first-order valence-corrected chi connectivity index (χ1v) is 2.67. The van der Waals surface area contributed by atoms with Crippen molar-refractivity contribution in [1.29, 1.82) is 0 Å². The monoisotopic (exact) mass is 149 g/mol. The first-order chi connectivity index (χ1) is 5.24. The van der Waals surface area contributed by atoms with Crippen LogP contribution in [-0.4, -0.2) is 14.9 Å². The smallest absolute Gasteiger partial charge is 0.258 e. The summed E-state index contributed by atoms with van der Waals surface area (Å²) >= 11 is 0. The number of hydrogen-bond acceptors (Lipinski definition) is 4. The maximum Gasteiger partial charge on any atom is 0.305 e. The molecule has 0 aromatic carbocycles. The number of rotatable bonds is 1. The predicted molar refractivity (Wildman–Crippen MR) is 36.6 cm³/mol. The Kier molecular flexibility index (Phi) is 1.79. The molecular formula is C6H3N3O2. The van der Waals surface area contributed by atoms with E-state index < -0.39 is 4.92 Å². The Morgan fingerprint density at radius 2 is 2.09 bits per heavy atom. The highest BCUT2D eigenvalue weighted by Gasteiger charge is 2.04. The fraction of sp³-hybridized carbons (Fsp3) is 0. The van der Waals surface area contributed by atoms with Gasteiger partial charge in [0.1, 0.15) is 12.4 Å². The summed E-state index contributed by atoms with van der Waals surface area (Å²) in [6, 6.07) is 0. The van der Waals surface area contributed by atoms with Gasteiger partial charge in [0.15, 0.2) is 0 Å². The Balaban J connectivity index is 3.03. The van der Waals surface area contributed by atoms with Crippen LogP contribution in [0.5, 0.6) is 0 Å². The number of nitrogens with zero attached hydrogens (tertiary/aromatic N) is 3. The van der Waals surface area contributed by atoms with Gasteiger partial charge in [0.2, 0.25) is 5.82 Å². The minimum atomic E-state index is -0.583. The van der Waals surface area contributed by atoms with Gasteiger partial charge >= 0.3 is 5.69 Å². The third kappa shape index (κ3) is 1.49. The van der Waals surface area contributed by atoms with E-state index in [9.17, 15) is 10.1 Å². The standard InChI is InChI=1S/C6H3N3O2/c1-2-6-7-3-5(4-8-6)9(10)11/h1,3-4H. The van der Waals surface area contributed by atoms with Gasteiger partial charge in [0, 0.05) is 0 Å². The summed E-state index contributed by atoms with van der Waals surface area (Å²) < 4.78 is 0. The highest BCUT2D eigenvalue weighted by Crippen LogP contribution is 2.04. The first kappa shape index (κ1) is 7.15. The van der Waals surface area contributed by atoms with Gasteiger partial charge in [-0.15, -0.1) is 6.42 Å². The molecule has 0 aliphatic carbocycles. The van der Waals surface area contributed by atoms with Crippen LogP contribution in [0, 0.1) is 22.5 Å². The van der Waals surface area contributed by atoms with Crippen LogP contribution in [0.25, 0.3) is 0 Å². The minimum Gasteiger partial charge on any atom is -0.258 e. The van der Waals surface area contributed by atoms with Crippen molar-refractivity contribution in [3.8, 4) is 12.3 Å². The Morgan fingerprint density at radius 1 is 1.55 bits per heavy atom. The van der Waals surface area contributed by atoms with Gasteiger partial charge in [0.05, 0.1) is 4.92 Å². The number of hydrogen-bond donors (Lipinski definition) is 0. The molecule has 0 N–H and O–H groups in total. The Hall–Kier alpha value is -1.96. The molecule has 1 heterocycles. The third-order valence-electron chi connectivity index (χ3n) is 0.978. The second kappa shape index (κ2) is 2.75. The molecule has 0 aliphatic heterocycles. The maximum atomic E-state index is 10.1. The molecule has 0 atom stereocenters. The fourth-order valence-electron chi connectivity index (χ4n) is 0.490. The molecule has 0 aliphatic rings. The Labute approximate surface area is 62.3 Å². The van der Waals surface area contributed by atoms with Gasteiger partial charge in [-0.25, -0.2) is 9.97 Å². The molecule has 54 valence electrons. The quantitative estimate of drug-likeness (QED) is 0.328. The van der Waals surface area contributed by atoms with E-state index in [1.54, 1.807) is 0 Å². The molecule has 5 heteroatoms. The molecule has 0 unspecified atom stereocenters. The highest BCUT2D eigenvalue weighted by atomic mass is 16.6. The van der Waals surface area contributed by atoms with E-state index >= 15 is 0 Å². The van der Waals surface area contributed by atoms with Crippen molar-refractivity contribution in [3.63, 3.8) is 0 Å². The van der Waals surface area contributed by atoms with Crippen LogP contribution in [-0.2, 0) is 0 Å². The van der Waals surface area contributed by atoms with E-state index in [-0.39, 0.29) is 11.5 Å². The average Bonchev–Trinajstić information content (AvgIpc) is 2.05. The number of aromatic nitrogens is 2. The normalized spacial score (nSPS) is 8.64. The summed E-state index contributed by atoms with van der Waals surface area (Å²) in [7, 11) is 0. The van der Waals surface area contributed by atoms with Gasteiger partial charge in [-0.3, -0.25) is 10.1 Å². The molecule has 1 rings (SSSR count). The van der Waals surface area contributed by atoms with Crippen molar-refractivity contribution in [2.24, 2.45) is 0 Å². The van der Waals surface area contributed by atoms with E-state index in [1.807, 2.05) is 0 Å². The van der Waals surface area contributed by atoms with Crippen molar-refractivity contribution in [2.75, 3.05) is 0 Å². The molecule has 0 saturated heterocycles. The zero-order valence-corrected chi connectivity index (χ0v) is 5.39. The Morgan fingerprint density at radius 3 is 2.45 bits per heavy atom. The molecule has 0 bridgehead atoms. The highest BCUT2D eigenvalue weighted by molar-refractivity contribution is 5.25. The lowest BCUT2D eigenvalue weighted by Crippen LogP contribution is -1.92. The summed E-state index contributed by atoms with van der Waals surface area (Å²) in [5.41, 5.74) is -0.163. The summed E-state index contributed by atoms with van der Waals surface area (Å²) in [6.45, 7) is 0. The van der Waals surface area contributed by atoms with Crippen molar-refractivity contribution in [2.45, 2.75) is 0 Å². The van der Waals surface area contributed by atoms with Crippen LogP contribution in [0.15, 0.2) is 12.4 Å². The molecule has 0 spiro atoms. The summed E-state index contributed by atoms with van der Waals surface area (Å²) in [6.07, 6.45) is 7.07. The molecule has 0 fully saturated rings. The van der Waals surface area contributed by atoms with Gasteiger partial charge in [0.25, 0.3) is 0 Å². The number of terminal acetylenes is 1. The molecule has 11 heavy (non-hydrogen) atoms. The first-order valence-electron chi connectivity index (χ1n) is 2.67. The zero-order chi connectivity index (χ0) is 8.27. The molecule has 0 amide bonds. The Bertz CT molecular complexity index is 312. The fourth-order valence-corrected chi connectivity index (χ4v) is 0.490. The third-order valence-corrected chi connectivity index (χ3v) is 0.978. The van der Waals surface area contributed by atoms with Gasteiger partial charge < -0.3 is 0 Å². The van der Waals surface area contributed by atoms with Crippen molar-refractivity contribution in [3.05, 3.63) is 28.3 Å². The minimum absolute atomic E-state index is 0.149. The van der Waals surface area contributed by atoms with Crippen LogP contribution < -0.4 is 0 Å². The van der Waals surface area contributed by atoms with E-state index in [2.05, 4.69) is 15.9 Å². The maximum absolute atomic E-state index is 10.1. The van der Waals surface area contributed by atoms with Crippen LogP contribution in [0.2, 0.25) is 0 Å². The lowest BCUT2D eigenvalue weighted by Gasteiger charge is -1.88. The molecule has 0 saturated carbocycles. The van der Waals surface area contributed by atoms with Crippen LogP contribution in [0.1, 0.15) is 5.82 Å². The second-order valence-corrected chi connectivity index (χ2v) is 1.67. The van der Waals surface area contributed by atoms with Crippen molar-refractivity contribution in [1.82, 2.24) is 9.97 Å². The largest absolute Gasteiger partial charge is 0.305 e. The van der Waals surface area contributed by atoms with Crippen molar-refractivity contribution < 1.29 is 4.92 Å². The summed E-state index contributed by atoms with van der Waals surface area (Å²) in [5, 5.41) is 10.1. The SMILES string of the molecule is C#Cc1ncc([N+](=O)[O-])cn1. The van der Waals surface area contributed by atoms with E-state index in [4.69, 9.17) is 6.42 Å². The molecule has 0 radical (unpaired) electrons. The summed E-state index contributed by atoms with van der Waals surface area (Å²) in [4.78, 5) is 16.6. The average molecular weight is 149 g/mol. The predicted octanol–water partition coefficient (Wildman–Crippen LogP) is 0.366. The molecule has 1 aromatic heterocycles. The zero-order valence-electron chi connectivity index (χ0n) is 5.39. The van der Waals surface area contributed by atoms with Crippen LogP contribution in [0.3, 0.4) is 0 Å². The van der Waals surface area contributed by atoms with Gasteiger partial charge in [-0.1, -0.05) is 0 Å². The van der Waals surface area contributed by atoms with Crippen LogP contribution in [0.4, 0.5) is 5.69 Å². The van der Waals surface area contributed by atoms with Crippen LogP contribution >= 0.6 is 0 Å². The van der Waals surface area contributed by atoms with E-state index in [0.717, 1.165) is 12.4 Å². The lowest BCUT2D eigenvalue weighted by atomic mass is 10.5. The lowest BCUT2D eigenvalue weighted by molar-refractivity contribution is -0.385. The topological polar surface area (TPSA) is 68.9 Å². The number of nitro groups is 1. The van der Waals surface area contributed by atoms with Crippen molar-refractivity contribution >= 4 is 5.69 Å². The second-order valence-electron chi connectivity index (χ2n) is 1.67. The van der Waals surface area contributed by atoms with Gasteiger partial charge in [-0.05, 0) is 5.92 Å². The molecule has 5 nitrogen and oxygen atoms in total. The molecular weight excluding hydrogens is 146 g/mol. The van der Waals surface area contributed by atoms with E-state index in [1.165, 1.54) is 0 Å². The van der Waals surface area contributed by atoms with E-state index in [0.29, 0.717) is 0 Å². The summed E-state index contributed by atoms with van der Waals surface area (Å²) in [5.74, 6) is 2.30. The molecule has 1 aromatic rings. The van der Waals surface area contributed by atoms with Gasteiger partial charge in [-0.2, -0.15) is 0 Å².